The largest absolute Gasteiger partial charge is 0.458 e. The number of ether oxygens (including phenoxy) is 2. The van der Waals surface area contributed by atoms with Crippen molar-refractivity contribution in [2.24, 2.45) is 0 Å². The second-order valence-electron chi connectivity index (χ2n) is 20.4. The van der Waals surface area contributed by atoms with Crippen LogP contribution in [0.4, 0.5) is 70.9 Å². The Balaban J connectivity index is 1.18. The van der Waals surface area contributed by atoms with Crippen molar-refractivity contribution in [1.29, 1.82) is 0 Å². The number of hydrogen-bond acceptors (Lipinski definition) is 22. The van der Waals surface area contributed by atoms with Gasteiger partial charge in [0.2, 0.25) is 66.3 Å². The molecule has 22 heteroatoms. The summed E-state index contributed by atoms with van der Waals surface area (Å²) in [5.74, 6) is 4.47. The Labute approximate surface area is 481 Å². The highest BCUT2D eigenvalue weighted by molar-refractivity contribution is 5.71. The van der Waals surface area contributed by atoms with Crippen LogP contribution in [0, 0.1) is 13.3 Å². The number of benzene rings is 2. The molecule has 0 saturated carbocycles. The van der Waals surface area contributed by atoms with Crippen LogP contribution < -0.4 is 52.4 Å². The van der Waals surface area contributed by atoms with Crippen molar-refractivity contribution >= 4 is 70.9 Å². The van der Waals surface area contributed by atoms with Crippen LogP contribution in [0.25, 0.3) is 0 Å². The number of anilines is 12. The topological polar surface area (TPSA) is 294 Å². The van der Waals surface area contributed by atoms with E-state index in [1.165, 1.54) is 103 Å². The van der Waals surface area contributed by atoms with Gasteiger partial charge in [0.1, 0.15) is 23.1 Å². The first-order valence-corrected chi connectivity index (χ1v) is 30.0. The van der Waals surface area contributed by atoms with Gasteiger partial charge >= 0.3 is 0 Å². The van der Waals surface area contributed by atoms with E-state index in [0.717, 1.165) is 57.8 Å². The summed E-state index contributed by atoms with van der Waals surface area (Å²) in [5, 5.41) is 10.0. The number of nitrogen functional groups attached to an aromatic ring is 3. The van der Waals surface area contributed by atoms with Gasteiger partial charge in [-0.25, -0.2) is 14.8 Å². The van der Waals surface area contributed by atoms with Crippen LogP contribution in [0.5, 0.6) is 11.5 Å². The zero-order valence-corrected chi connectivity index (χ0v) is 49.0. The van der Waals surface area contributed by atoms with E-state index >= 15 is 0 Å². The van der Waals surface area contributed by atoms with Gasteiger partial charge in [-0.3, -0.25) is 0 Å². The smallest absolute Gasteiger partial charge is 0.243 e. The molecule has 0 fully saturated rings. The lowest BCUT2D eigenvalue weighted by Gasteiger charge is -2.22. The molecule has 0 amide bonds. The number of rotatable bonds is 42. The molecule has 0 aliphatic rings. The van der Waals surface area contributed by atoms with E-state index < -0.39 is 0 Å². The highest BCUT2D eigenvalue weighted by atomic mass is 16.7. The molecule has 22 nitrogen and oxygen atoms in total. The molecule has 4 heterocycles. The minimum atomic E-state index is -0.0938. The lowest BCUT2D eigenvalue weighted by atomic mass is 10.1. The molecule has 4 aromatic heterocycles. The predicted molar refractivity (Wildman–Crippen MR) is 327 cm³/mol. The lowest BCUT2D eigenvalue weighted by Crippen LogP contribution is -2.21. The first-order chi connectivity index (χ1) is 39.7. The standard InChI is InChI=1S/C59H91N20O2/c1-6-10-14-18-22-23-27-31-49-66-44(5)67-56(68-49)78(57-72-50(60)69-53(75-57)63-40-28-24-19-15-11-7-2)45-32-36-47(37-33-45)80-43-81-48-38-34-46(35-39-48)79(58-73-51(61)70-54(76-58)64-41-29-25-20-16-12-8-3)59-74-52(62)71-55(77-59)65-42-30-26-21-17-13-9-4/h31-39H,6-30,40-43H2,1-5H3,(H3,60,63,69,72,75)(H3,61,64,70,73,76)(H3,62,65,71,74,77). The molecule has 0 aliphatic heterocycles. The maximum atomic E-state index is 6.36. The Morgan fingerprint density at radius 3 is 1.09 bits per heavy atom. The number of nitrogens with zero attached hydrogens (tertiary/aromatic N) is 14. The fourth-order valence-electron chi connectivity index (χ4n) is 9.02. The number of unbranched alkanes of at least 4 members (excludes halogenated alkanes) is 21. The minimum Gasteiger partial charge on any atom is -0.458 e. The fraction of sp³-hybridized carbons (Fsp3) is 0.576. The molecule has 0 saturated heterocycles. The average molecular weight is 1110 g/mol. The molecular formula is C59H91N20O2. The third-order valence-corrected chi connectivity index (χ3v) is 13.4. The molecule has 0 unspecified atom stereocenters. The van der Waals surface area contributed by atoms with Gasteiger partial charge in [-0.1, -0.05) is 163 Å². The van der Waals surface area contributed by atoms with Crippen molar-refractivity contribution in [2.75, 3.05) is 69.4 Å². The summed E-state index contributed by atoms with van der Waals surface area (Å²) in [6.45, 7) is 12.7. The number of aromatic nitrogens is 12. The normalized spacial score (nSPS) is 11.2. The summed E-state index contributed by atoms with van der Waals surface area (Å²) in [7, 11) is 0. The molecule has 6 aromatic rings. The van der Waals surface area contributed by atoms with Crippen LogP contribution in [-0.2, 0) is 0 Å². The monoisotopic (exact) mass is 1110 g/mol. The number of hydrogen-bond donors (Lipinski definition) is 6. The van der Waals surface area contributed by atoms with E-state index in [2.05, 4.69) is 85.0 Å². The SMILES string of the molecule is CCCCCCCC[CH]c1nc(C)nc(N(c2ccc(OCOc3ccc(N(c4nc(N)nc(NCCCCCCCC)n4)c4nc(N)nc(NCCCCCCCC)n4)cc3)cc2)c2nc(N)nc(NCCCCCCCC)n2)n1. The van der Waals surface area contributed by atoms with Gasteiger partial charge < -0.3 is 42.6 Å². The third-order valence-electron chi connectivity index (χ3n) is 13.4. The molecule has 439 valence electrons. The van der Waals surface area contributed by atoms with Crippen molar-refractivity contribution in [3.05, 3.63) is 66.6 Å². The van der Waals surface area contributed by atoms with Crippen molar-refractivity contribution < 1.29 is 9.47 Å². The summed E-state index contributed by atoms with van der Waals surface area (Å²) in [6.07, 6.45) is 31.0. The maximum Gasteiger partial charge on any atom is 0.243 e. The Morgan fingerprint density at radius 1 is 0.383 bits per heavy atom. The average Bonchev–Trinajstić information content (AvgIpc) is 3.47. The zero-order chi connectivity index (χ0) is 57.3. The summed E-state index contributed by atoms with van der Waals surface area (Å²) < 4.78 is 12.3. The lowest BCUT2D eigenvalue weighted by molar-refractivity contribution is 0.120. The van der Waals surface area contributed by atoms with Crippen molar-refractivity contribution in [2.45, 2.75) is 195 Å². The highest BCUT2D eigenvalue weighted by Crippen LogP contribution is 2.34. The van der Waals surface area contributed by atoms with Crippen LogP contribution in [0.2, 0.25) is 0 Å². The summed E-state index contributed by atoms with van der Waals surface area (Å²) in [5.41, 5.74) is 20.3. The molecule has 2 aromatic carbocycles. The second-order valence-corrected chi connectivity index (χ2v) is 20.4. The molecule has 0 bridgehead atoms. The Bertz CT molecular complexity index is 2380. The van der Waals surface area contributed by atoms with Gasteiger partial charge in [0.15, 0.2) is 0 Å². The Hall–Kier alpha value is -7.52. The predicted octanol–water partition coefficient (Wildman–Crippen LogP) is 13.5. The molecule has 0 aliphatic carbocycles. The molecule has 0 spiro atoms. The van der Waals surface area contributed by atoms with E-state index in [-0.39, 0.29) is 42.5 Å². The fourth-order valence-corrected chi connectivity index (χ4v) is 9.02. The third kappa shape index (κ3) is 22.5. The molecule has 81 heavy (non-hydrogen) atoms. The number of nitrogens with two attached hydrogens (primary N) is 3. The summed E-state index contributed by atoms with van der Waals surface area (Å²) in [4.78, 5) is 59.1. The minimum absolute atomic E-state index is 0.0373. The molecule has 0 atom stereocenters. The van der Waals surface area contributed by atoms with Crippen molar-refractivity contribution in [3.8, 4) is 11.5 Å². The number of aryl methyl sites for hydroxylation is 1. The van der Waals surface area contributed by atoms with E-state index in [0.29, 0.717) is 78.0 Å². The van der Waals surface area contributed by atoms with Crippen LogP contribution in [-0.4, -0.2) is 86.2 Å². The van der Waals surface area contributed by atoms with Gasteiger partial charge in [-0.05, 0) is 81.1 Å². The molecule has 6 rings (SSSR count). The van der Waals surface area contributed by atoms with Gasteiger partial charge in [0, 0.05) is 26.1 Å². The van der Waals surface area contributed by atoms with Crippen LogP contribution in [0.1, 0.15) is 200 Å². The van der Waals surface area contributed by atoms with Gasteiger partial charge in [0.25, 0.3) is 0 Å². The Morgan fingerprint density at radius 2 is 0.716 bits per heavy atom. The van der Waals surface area contributed by atoms with Gasteiger partial charge in [-0.15, -0.1) is 0 Å². The van der Waals surface area contributed by atoms with E-state index in [1.54, 1.807) is 9.80 Å². The first-order valence-electron chi connectivity index (χ1n) is 30.0. The van der Waals surface area contributed by atoms with Crippen LogP contribution >= 0.6 is 0 Å². The van der Waals surface area contributed by atoms with Gasteiger partial charge in [0.05, 0.1) is 11.4 Å². The Kier molecular flexibility index (Phi) is 27.8. The molecule has 9 N–H and O–H groups in total. The van der Waals surface area contributed by atoms with Crippen LogP contribution in [0.15, 0.2) is 48.5 Å². The highest BCUT2D eigenvalue weighted by Gasteiger charge is 2.24. The summed E-state index contributed by atoms with van der Waals surface area (Å²) in [6, 6.07) is 14.7. The second kappa shape index (κ2) is 36.0. The number of nitrogens with one attached hydrogen (secondary N) is 3. The first kappa shape index (κ1) is 62.7. The van der Waals surface area contributed by atoms with Crippen LogP contribution in [0.3, 0.4) is 0 Å². The molecular weight excluding hydrogens is 1020 g/mol. The van der Waals surface area contributed by atoms with Gasteiger partial charge in [-0.2, -0.15) is 54.8 Å². The quantitative estimate of drug-likeness (QED) is 0.0153. The van der Waals surface area contributed by atoms with Crippen molar-refractivity contribution in [3.63, 3.8) is 0 Å². The zero-order valence-electron chi connectivity index (χ0n) is 49.0. The van der Waals surface area contributed by atoms with E-state index in [9.17, 15) is 0 Å². The molecule has 1 radical (unpaired) electrons. The summed E-state index contributed by atoms with van der Waals surface area (Å²) >= 11 is 0. The van der Waals surface area contributed by atoms with E-state index in [4.69, 9.17) is 51.6 Å². The van der Waals surface area contributed by atoms with E-state index in [1.807, 2.05) is 55.5 Å². The van der Waals surface area contributed by atoms with Crippen molar-refractivity contribution in [1.82, 2.24) is 59.8 Å². The maximum absolute atomic E-state index is 6.36.